The Bertz CT molecular complexity index is 1150. The number of halogens is 1. The second kappa shape index (κ2) is 9.32. The van der Waals surface area contributed by atoms with E-state index in [2.05, 4.69) is 5.32 Å². The summed E-state index contributed by atoms with van der Waals surface area (Å²) < 4.78 is 10.6. The molecule has 3 aromatic carbocycles. The molecule has 1 heterocycles. The third-order valence-corrected chi connectivity index (χ3v) is 5.78. The maximum atomic E-state index is 13.2. The number of rotatable bonds is 7. The molecule has 32 heavy (non-hydrogen) atoms. The van der Waals surface area contributed by atoms with Crippen LogP contribution in [0.5, 0.6) is 11.5 Å². The minimum atomic E-state index is -0.453. The molecule has 1 N–H and O–H groups in total. The van der Waals surface area contributed by atoms with E-state index >= 15 is 0 Å². The van der Waals surface area contributed by atoms with E-state index in [-0.39, 0.29) is 18.2 Å². The highest BCUT2D eigenvalue weighted by molar-refractivity contribution is 6.31. The summed E-state index contributed by atoms with van der Waals surface area (Å²) in [5.74, 6) is 0.870. The van der Waals surface area contributed by atoms with Gasteiger partial charge in [0.2, 0.25) is 5.91 Å². The van der Waals surface area contributed by atoms with Gasteiger partial charge >= 0.3 is 0 Å². The third kappa shape index (κ3) is 4.41. The Morgan fingerprint density at radius 1 is 1.06 bits per heavy atom. The lowest BCUT2D eigenvalue weighted by Crippen LogP contribution is -2.32. The maximum Gasteiger partial charge on any atom is 0.255 e. The fraction of sp³-hybridized carbons (Fsp3) is 0.200. The number of anilines is 1. The monoisotopic (exact) mass is 450 g/mol. The van der Waals surface area contributed by atoms with Gasteiger partial charge in [-0.25, -0.2) is 0 Å². The maximum absolute atomic E-state index is 13.2. The first-order chi connectivity index (χ1) is 15.5. The minimum Gasteiger partial charge on any atom is -0.497 e. The van der Waals surface area contributed by atoms with Gasteiger partial charge in [-0.05, 0) is 47.5 Å². The van der Waals surface area contributed by atoms with Gasteiger partial charge in [-0.1, -0.05) is 41.9 Å². The van der Waals surface area contributed by atoms with Gasteiger partial charge in [0, 0.05) is 17.1 Å². The van der Waals surface area contributed by atoms with Crippen LogP contribution in [0.2, 0.25) is 5.02 Å². The van der Waals surface area contributed by atoms with E-state index in [1.165, 1.54) is 7.11 Å². The van der Waals surface area contributed by atoms with Gasteiger partial charge in [-0.15, -0.1) is 0 Å². The molecule has 0 radical (unpaired) electrons. The molecule has 0 saturated carbocycles. The average Bonchev–Trinajstić information content (AvgIpc) is 3.14. The SMILES string of the molecule is COc1ccc([C@@H](CC(=O)Nc2cc(Cl)ccc2OC)N2Cc3ccccc3C2=O)cc1. The van der Waals surface area contributed by atoms with Crippen LogP contribution in [0, 0.1) is 0 Å². The van der Waals surface area contributed by atoms with Gasteiger partial charge in [0.1, 0.15) is 11.5 Å². The van der Waals surface area contributed by atoms with Gasteiger partial charge in [-0.3, -0.25) is 9.59 Å². The molecule has 1 aliphatic heterocycles. The molecule has 0 unspecified atom stereocenters. The first-order valence-corrected chi connectivity index (χ1v) is 10.5. The summed E-state index contributed by atoms with van der Waals surface area (Å²) in [6.45, 7) is 0.444. The van der Waals surface area contributed by atoms with Crippen molar-refractivity contribution in [2.45, 2.75) is 19.0 Å². The lowest BCUT2D eigenvalue weighted by molar-refractivity contribution is -0.117. The minimum absolute atomic E-state index is 0.0712. The first kappa shape index (κ1) is 21.7. The summed E-state index contributed by atoms with van der Waals surface area (Å²) in [5.41, 5.74) is 2.95. The van der Waals surface area contributed by atoms with Crippen LogP contribution in [-0.2, 0) is 11.3 Å². The van der Waals surface area contributed by atoms with Crippen molar-refractivity contribution in [1.82, 2.24) is 4.90 Å². The first-order valence-electron chi connectivity index (χ1n) is 10.2. The largest absolute Gasteiger partial charge is 0.497 e. The Balaban J connectivity index is 1.62. The van der Waals surface area contributed by atoms with Crippen LogP contribution in [0.3, 0.4) is 0 Å². The van der Waals surface area contributed by atoms with E-state index in [0.29, 0.717) is 34.3 Å². The molecule has 0 fully saturated rings. The number of carbonyl (C=O) groups is 2. The zero-order valence-electron chi connectivity index (χ0n) is 17.8. The predicted octanol–water partition coefficient (Wildman–Crippen LogP) is 5.08. The smallest absolute Gasteiger partial charge is 0.255 e. The standard InChI is InChI=1S/C25H23ClN2O4/c1-31-19-10-7-16(8-11-19)22(28-15-17-5-3-4-6-20(17)25(28)30)14-24(29)27-21-13-18(26)9-12-23(21)32-2/h3-13,22H,14-15H2,1-2H3,(H,27,29)/t22-/m1/s1. The van der Waals surface area contributed by atoms with Crippen molar-refractivity contribution >= 4 is 29.1 Å². The second-order valence-electron chi connectivity index (χ2n) is 7.48. The summed E-state index contributed by atoms with van der Waals surface area (Å²) in [4.78, 5) is 28.0. The van der Waals surface area contributed by atoms with Crippen molar-refractivity contribution in [1.29, 1.82) is 0 Å². The molecule has 0 aromatic heterocycles. The Kier molecular flexibility index (Phi) is 6.32. The van der Waals surface area contributed by atoms with E-state index in [4.69, 9.17) is 21.1 Å². The van der Waals surface area contributed by atoms with Crippen molar-refractivity contribution in [3.63, 3.8) is 0 Å². The lowest BCUT2D eigenvalue weighted by Gasteiger charge is -2.28. The number of benzene rings is 3. The Morgan fingerprint density at radius 3 is 2.50 bits per heavy atom. The fourth-order valence-corrected chi connectivity index (χ4v) is 4.09. The van der Waals surface area contributed by atoms with Crippen molar-refractivity contribution in [2.24, 2.45) is 0 Å². The highest BCUT2D eigenvalue weighted by Crippen LogP contribution is 2.35. The van der Waals surface area contributed by atoms with Crippen molar-refractivity contribution in [2.75, 3.05) is 19.5 Å². The number of nitrogens with one attached hydrogen (secondary N) is 1. The average molecular weight is 451 g/mol. The van der Waals surface area contributed by atoms with Crippen LogP contribution in [0.1, 0.15) is 33.9 Å². The summed E-state index contributed by atoms with van der Waals surface area (Å²) >= 11 is 6.09. The molecule has 0 saturated heterocycles. The normalized spacial score (nSPS) is 13.5. The number of hydrogen-bond acceptors (Lipinski definition) is 4. The van der Waals surface area contributed by atoms with E-state index in [1.54, 1.807) is 30.2 Å². The zero-order chi connectivity index (χ0) is 22.7. The number of amides is 2. The topological polar surface area (TPSA) is 67.9 Å². The van der Waals surface area contributed by atoms with Gasteiger partial charge in [-0.2, -0.15) is 0 Å². The number of ether oxygens (including phenoxy) is 2. The molecule has 1 atom stereocenters. The number of carbonyl (C=O) groups excluding carboxylic acids is 2. The predicted molar refractivity (Wildman–Crippen MR) is 123 cm³/mol. The molecule has 3 aromatic rings. The van der Waals surface area contributed by atoms with Crippen molar-refractivity contribution in [3.05, 3.63) is 88.4 Å². The van der Waals surface area contributed by atoms with Crippen LogP contribution in [-0.4, -0.2) is 30.9 Å². The van der Waals surface area contributed by atoms with Gasteiger partial charge in [0.15, 0.2) is 0 Å². The molecule has 0 spiro atoms. The van der Waals surface area contributed by atoms with E-state index < -0.39 is 6.04 Å². The van der Waals surface area contributed by atoms with E-state index in [9.17, 15) is 9.59 Å². The third-order valence-electron chi connectivity index (χ3n) is 5.54. The molecule has 164 valence electrons. The summed E-state index contributed by atoms with van der Waals surface area (Å²) in [5, 5.41) is 3.36. The number of hydrogen-bond donors (Lipinski definition) is 1. The Labute approximate surface area is 191 Å². The van der Waals surface area contributed by atoms with E-state index in [1.807, 2.05) is 48.5 Å². The van der Waals surface area contributed by atoms with Gasteiger partial charge in [0.25, 0.3) is 5.91 Å². The van der Waals surface area contributed by atoms with E-state index in [0.717, 1.165) is 11.1 Å². The lowest BCUT2D eigenvalue weighted by atomic mass is 10.0. The fourth-order valence-electron chi connectivity index (χ4n) is 3.92. The number of nitrogens with zero attached hydrogens (tertiary/aromatic N) is 1. The number of methoxy groups -OCH3 is 2. The molecule has 2 amide bonds. The molecule has 1 aliphatic rings. The molecule has 0 bridgehead atoms. The quantitative estimate of drug-likeness (QED) is 0.544. The number of fused-ring (bicyclic) bond motifs is 1. The molecular formula is C25H23ClN2O4. The molecular weight excluding hydrogens is 428 g/mol. The van der Waals surface area contributed by atoms with Crippen LogP contribution >= 0.6 is 11.6 Å². The molecule has 6 nitrogen and oxygen atoms in total. The molecule has 7 heteroatoms. The Hall–Kier alpha value is -3.51. The van der Waals surface area contributed by atoms with Crippen LogP contribution in [0.4, 0.5) is 5.69 Å². The highest BCUT2D eigenvalue weighted by Gasteiger charge is 2.34. The molecule has 4 rings (SSSR count). The summed E-state index contributed by atoms with van der Waals surface area (Å²) in [6.07, 6.45) is 0.0712. The summed E-state index contributed by atoms with van der Waals surface area (Å²) in [6, 6.07) is 19.5. The summed E-state index contributed by atoms with van der Waals surface area (Å²) in [7, 11) is 3.12. The molecule has 0 aliphatic carbocycles. The van der Waals surface area contributed by atoms with Crippen LogP contribution < -0.4 is 14.8 Å². The van der Waals surface area contributed by atoms with Gasteiger partial charge in [0.05, 0.1) is 32.4 Å². The van der Waals surface area contributed by atoms with Crippen LogP contribution in [0.15, 0.2) is 66.7 Å². The van der Waals surface area contributed by atoms with Crippen molar-refractivity contribution < 1.29 is 19.1 Å². The second-order valence-corrected chi connectivity index (χ2v) is 7.91. The zero-order valence-corrected chi connectivity index (χ0v) is 18.6. The Morgan fingerprint density at radius 2 is 1.81 bits per heavy atom. The van der Waals surface area contributed by atoms with Crippen molar-refractivity contribution in [3.8, 4) is 11.5 Å². The van der Waals surface area contributed by atoms with Gasteiger partial charge < -0.3 is 19.7 Å². The highest BCUT2D eigenvalue weighted by atomic mass is 35.5. The van der Waals surface area contributed by atoms with Crippen LogP contribution in [0.25, 0.3) is 0 Å².